The second-order valence-corrected chi connectivity index (χ2v) is 5.21. The predicted octanol–water partition coefficient (Wildman–Crippen LogP) is 4.46. The van der Waals surface area contributed by atoms with Gasteiger partial charge in [0.05, 0.1) is 15.7 Å². The van der Waals surface area contributed by atoms with Crippen LogP contribution in [-0.2, 0) is 4.79 Å². The minimum atomic E-state index is -0.488. The van der Waals surface area contributed by atoms with Crippen LogP contribution in [0.15, 0.2) is 36.4 Å². The highest BCUT2D eigenvalue weighted by Gasteiger charge is 2.08. The van der Waals surface area contributed by atoms with Gasteiger partial charge in [-0.15, -0.1) is 0 Å². The number of hydrogen-bond acceptors (Lipinski definition) is 2. The van der Waals surface area contributed by atoms with Gasteiger partial charge in [-0.3, -0.25) is 4.79 Å². The standard InChI is InChI=1S/C15H12Cl2FNO2/c1-9-2-5-14(13(18)6-9)19-15(20)8-21-10-3-4-11(16)12(17)7-10/h2-7H,8H2,1H3,(H,19,20). The van der Waals surface area contributed by atoms with Crippen molar-refractivity contribution in [2.45, 2.75) is 6.92 Å². The predicted molar refractivity (Wildman–Crippen MR) is 81.7 cm³/mol. The lowest BCUT2D eigenvalue weighted by Gasteiger charge is -2.09. The average Bonchev–Trinajstić information content (AvgIpc) is 2.43. The number of rotatable bonds is 4. The molecule has 0 fully saturated rings. The van der Waals surface area contributed by atoms with Gasteiger partial charge in [0, 0.05) is 6.07 Å². The molecule has 2 rings (SSSR count). The number of anilines is 1. The molecular weight excluding hydrogens is 316 g/mol. The Morgan fingerprint density at radius 1 is 1.19 bits per heavy atom. The van der Waals surface area contributed by atoms with Crippen LogP contribution in [0, 0.1) is 12.7 Å². The minimum absolute atomic E-state index is 0.114. The van der Waals surface area contributed by atoms with Gasteiger partial charge >= 0.3 is 0 Å². The van der Waals surface area contributed by atoms with Crippen molar-refractivity contribution in [3.8, 4) is 5.75 Å². The van der Waals surface area contributed by atoms with Crippen LogP contribution in [0.5, 0.6) is 5.75 Å². The van der Waals surface area contributed by atoms with Crippen molar-refractivity contribution in [1.29, 1.82) is 0 Å². The fraction of sp³-hybridized carbons (Fsp3) is 0.133. The van der Waals surface area contributed by atoms with E-state index in [9.17, 15) is 9.18 Å². The smallest absolute Gasteiger partial charge is 0.262 e. The van der Waals surface area contributed by atoms with Gasteiger partial charge in [0.15, 0.2) is 6.61 Å². The molecular formula is C15H12Cl2FNO2. The quantitative estimate of drug-likeness (QED) is 0.900. The summed E-state index contributed by atoms with van der Waals surface area (Å²) in [5.41, 5.74) is 0.890. The van der Waals surface area contributed by atoms with E-state index >= 15 is 0 Å². The summed E-state index contributed by atoms with van der Waals surface area (Å²) in [7, 11) is 0. The molecule has 6 heteroatoms. The molecule has 0 saturated carbocycles. The maximum Gasteiger partial charge on any atom is 0.262 e. The molecule has 0 heterocycles. The highest BCUT2D eigenvalue weighted by Crippen LogP contribution is 2.26. The third-order valence-corrected chi connectivity index (χ3v) is 3.40. The third kappa shape index (κ3) is 4.34. The fourth-order valence-corrected chi connectivity index (χ4v) is 1.91. The highest BCUT2D eigenvalue weighted by atomic mass is 35.5. The largest absolute Gasteiger partial charge is 0.484 e. The molecule has 110 valence electrons. The first kappa shape index (κ1) is 15.6. The molecule has 0 bridgehead atoms. The lowest BCUT2D eigenvalue weighted by Crippen LogP contribution is -2.20. The van der Waals surface area contributed by atoms with Crippen LogP contribution < -0.4 is 10.1 Å². The van der Waals surface area contributed by atoms with E-state index in [0.29, 0.717) is 15.8 Å². The van der Waals surface area contributed by atoms with E-state index < -0.39 is 11.7 Å². The summed E-state index contributed by atoms with van der Waals surface area (Å²) in [4.78, 5) is 11.7. The molecule has 0 spiro atoms. The van der Waals surface area contributed by atoms with Gasteiger partial charge in [0.1, 0.15) is 11.6 Å². The number of carbonyl (C=O) groups is 1. The number of aryl methyl sites for hydroxylation is 1. The zero-order valence-electron chi connectivity index (χ0n) is 11.1. The molecule has 2 aromatic carbocycles. The van der Waals surface area contributed by atoms with Crippen molar-refractivity contribution in [3.63, 3.8) is 0 Å². The van der Waals surface area contributed by atoms with Gasteiger partial charge in [-0.25, -0.2) is 4.39 Å². The van der Waals surface area contributed by atoms with Crippen LogP contribution in [0.4, 0.5) is 10.1 Å². The first-order valence-electron chi connectivity index (χ1n) is 6.09. The molecule has 0 unspecified atom stereocenters. The van der Waals surface area contributed by atoms with Crippen LogP contribution in [0.25, 0.3) is 0 Å². The topological polar surface area (TPSA) is 38.3 Å². The first-order valence-corrected chi connectivity index (χ1v) is 6.85. The molecule has 0 aromatic heterocycles. The van der Waals surface area contributed by atoms with E-state index in [1.807, 2.05) is 0 Å². The van der Waals surface area contributed by atoms with E-state index in [-0.39, 0.29) is 12.3 Å². The van der Waals surface area contributed by atoms with E-state index in [4.69, 9.17) is 27.9 Å². The second-order valence-electron chi connectivity index (χ2n) is 4.40. The Morgan fingerprint density at radius 2 is 1.95 bits per heavy atom. The van der Waals surface area contributed by atoms with E-state index in [2.05, 4.69) is 5.32 Å². The molecule has 3 nitrogen and oxygen atoms in total. The van der Waals surface area contributed by atoms with Gasteiger partial charge in [0.25, 0.3) is 5.91 Å². The van der Waals surface area contributed by atoms with Crippen molar-refractivity contribution in [2.24, 2.45) is 0 Å². The van der Waals surface area contributed by atoms with E-state index in [1.54, 1.807) is 25.1 Å². The normalized spacial score (nSPS) is 10.3. The van der Waals surface area contributed by atoms with Crippen molar-refractivity contribution in [2.75, 3.05) is 11.9 Å². The zero-order chi connectivity index (χ0) is 15.4. The molecule has 21 heavy (non-hydrogen) atoms. The second kappa shape index (κ2) is 6.78. The monoisotopic (exact) mass is 327 g/mol. The van der Waals surface area contributed by atoms with Crippen LogP contribution in [0.1, 0.15) is 5.56 Å². The molecule has 0 saturated heterocycles. The first-order chi connectivity index (χ1) is 9.95. The summed E-state index contributed by atoms with van der Waals surface area (Å²) in [5.74, 6) is -0.550. The summed E-state index contributed by atoms with van der Waals surface area (Å²) < 4.78 is 18.8. The Balaban J connectivity index is 1.94. The molecule has 0 aliphatic carbocycles. The van der Waals surface area contributed by atoms with Crippen LogP contribution >= 0.6 is 23.2 Å². The van der Waals surface area contributed by atoms with Crippen LogP contribution in [0.2, 0.25) is 10.0 Å². The Kier molecular flexibility index (Phi) is 5.04. The number of hydrogen-bond donors (Lipinski definition) is 1. The summed E-state index contributed by atoms with van der Waals surface area (Å²) in [6, 6.07) is 9.21. The van der Waals surface area contributed by atoms with Crippen molar-refractivity contribution >= 4 is 34.8 Å². The number of amides is 1. The molecule has 1 N–H and O–H groups in total. The van der Waals surface area contributed by atoms with Gasteiger partial charge in [-0.2, -0.15) is 0 Å². The lowest BCUT2D eigenvalue weighted by molar-refractivity contribution is -0.118. The molecule has 0 radical (unpaired) electrons. The summed E-state index contributed by atoms with van der Waals surface area (Å²) in [6.07, 6.45) is 0. The maximum absolute atomic E-state index is 13.6. The summed E-state index contributed by atoms with van der Waals surface area (Å²) >= 11 is 11.6. The zero-order valence-corrected chi connectivity index (χ0v) is 12.6. The Labute approximate surface area is 131 Å². The van der Waals surface area contributed by atoms with Crippen LogP contribution in [-0.4, -0.2) is 12.5 Å². The van der Waals surface area contributed by atoms with Crippen molar-refractivity contribution in [1.82, 2.24) is 0 Å². The number of ether oxygens (including phenoxy) is 1. The van der Waals surface area contributed by atoms with E-state index in [0.717, 1.165) is 5.56 Å². The molecule has 0 aliphatic rings. The highest BCUT2D eigenvalue weighted by molar-refractivity contribution is 6.42. The molecule has 1 amide bonds. The van der Waals surface area contributed by atoms with E-state index in [1.165, 1.54) is 18.2 Å². The minimum Gasteiger partial charge on any atom is -0.484 e. The lowest BCUT2D eigenvalue weighted by atomic mass is 10.2. The van der Waals surface area contributed by atoms with Gasteiger partial charge < -0.3 is 10.1 Å². The molecule has 0 atom stereocenters. The van der Waals surface area contributed by atoms with Crippen LogP contribution in [0.3, 0.4) is 0 Å². The Hall–Kier alpha value is -1.78. The number of nitrogens with one attached hydrogen (secondary N) is 1. The number of halogens is 3. The fourth-order valence-electron chi connectivity index (χ4n) is 1.62. The maximum atomic E-state index is 13.6. The van der Waals surface area contributed by atoms with Gasteiger partial charge in [-0.05, 0) is 36.8 Å². The summed E-state index contributed by atoms with van der Waals surface area (Å²) in [6.45, 7) is 1.51. The Morgan fingerprint density at radius 3 is 2.62 bits per heavy atom. The van der Waals surface area contributed by atoms with Gasteiger partial charge in [0.2, 0.25) is 0 Å². The van der Waals surface area contributed by atoms with Crippen molar-refractivity contribution < 1.29 is 13.9 Å². The SMILES string of the molecule is Cc1ccc(NC(=O)COc2ccc(Cl)c(Cl)c2)c(F)c1. The van der Waals surface area contributed by atoms with Gasteiger partial charge in [-0.1, -0.05) is 29.3 Å². The average molecular weight is 328 g/mol. The number of carbonyl (C=O) groups excluding carboxylic acids is 1. The summed E-state index contributed by atoms with van der Waals surface area (Å²) in [5, 5.41) is 3.17. The molecule has 2 aromatic rings. The Bertz CT molecular complexity index is 677. The van der Waals surface area contributed by atoms with Crippen molar-refractivity contribution in [3.05, 3.63) is 57.8 Å². The number of benzene rings is 2. The third-order valence-electron chi connectivity index (χ3n) is 2.66. The molecule has 0 aliphatic heterocycles.